The van der Waals surface area contributed by atoms with Gasteiger partial charge in [-0.15, -0.1) is 11.3 Å². The molecule has 0 saturated heterocycles. The molecule has 7 nitrogen and oxygen atoms in total. The van der Waals surface area contributed by atoms with E-state index in [4.69, 9.17) is 9.47 Å². The number of aromatic nitrogens is 1. The largest absolute Gasteiger partial charge is 0.493 e. The lowest BCUT2D eigenvalue weighted by Crippen LogP contribution is -1.97. The van der Waals surface area contributed by atoms with Crippen LogP contribution in [0, 0.1) is 28.4 Å². The lowest BCUT2D eigenvalue weighted by molar-refractivity contribution is -0.385. The monoisotopic (exact) mass is 331 g/mol. The number of nitro groups is 1. The van der Waals surface area contributed by atoms with Gasteiger partial charge in [-0.05, 0) is 19.1 Å². The van der Waals surface area contributed by atoms with Gasteiger partial charge in [0.1, 0.15) is 11.1 Å². The summed E-state index contributed by atoms with van der Waals surface area (Å²) in [5, 5.41) is 22.9. The van der Waals surface area contributed by atoms with Gasteiger partial charge >= 0.3 is 0 Å². The van der Waals surface area contributed by atoms with Crippen molar-refractivity contribution in [3.05, 3.63) is 43.9 Å². The van der Waals surface area contributed by atoms with Crippen LogP contribution in [0.15, 0.2) is 17.5 Å². The van der Waals surface area contributed by atoms with E-state index in [9.17, 15) is 15.4 Å². The average Bonchev–Trinajstić information content (AvgIpc) is 2.97. The lowest BCUT2D eigenvalue weighted by atomic mass is 10.1. The Hall–Kier alpha value is -2.92. The van der Waals surface area contributed by atoms with Crippen LogP contribution in [0.5, 0.6) is 11.5 Å². The first kappa shape index (κ1) is 16.5. The van der Waals surface area contributed by atoms with Crippen LogP contribution >= 0.6 is 11.3 Å². The van der Waals surface area contributed by atoms with Crippen molar-refractivity contribution >= 4 is 28.7 Å². The van der Waals surface area contributed by atoms with Gasteiger partial charge in [-0.2, -0.15) is 5.26 Å². The maximum Gasteiger partial charge on any atom is 0.280 e. The zero-order chi connectivity index (χ0) is 17.0. The molecule has 0 amide bonds. The number of thiazole rings is 1. The Labute approximate surface area is 136 Å². The van der Waals surface area contributed by atoms with Crippen LogP contribution in [-0.4, -0.2) is 24.1 Å². The molecule has 0 aliphatic heterocycles. The summed E-state index contributed by atoms with van der Waals surface area (Å²) in [5.74, 6) is 0.594. The molecule has 118 valence electrons. The minimum Gasteiger partial charge on any atom is -0.493 e. The number of hydrogen-bond donors (Lipinski definition) is 0. The fourth-order valence-electron chi connectivity index (χ4n) is 1.93. The zero-order valence-electron chi connectivity index (χ0n) is 12.7. The number of hydrogen-bond acceptors (Lipinski definition) is 7. The molecule has 2 rings (SSSR count). The number of nitro benzene ring substituents is 1. The van der Waals surface area contributed by atoms with E-state index in [2.05, 4.69) is 4.98 Å². The molecule has 0 atom stereocenters. The molecular weight excluding hydrogens is 318 g/mol. The topological polar surface area (TPSA) is 98.3 Å². The molecule has 0 saturated carbocycles. The molecule has 1 aromatic heterocycles. The highest BCUT2D eigenvalue weighted by atomic mass is 32.1. The van der Waals surface area contributed by atoms with Crippen molar-refractivity contribution in [1.82, 2.24) is 4.98 Å². The summed E-state index contributed by atoms with van der Waals surface area (Å²) >= 11 is 1.31. The molecule has 0 bridgehead atoms. The Morgan fingerprint density at radius 2 is 2.04 bits per heavy atom. The van der Waals surface area contributed by atoms with Gasteiger partial charge in [0.2, 0.25) is 0 Å². The molecule has 0 N–H and O–H groups in total. The molecule has 0 aliphatic carbocycles. The van der Waals surface area contributed by atoms with Crippen molar-refractivity contribution in [2.24, 2.45) is 0 Å². The predicted molar refractivity (Wildman–Crippen MR) is 86.5 cm³/mol. The zero-order valence-corrected chi connectivity index (χ0v) is 13.5. The number of ether oxygens (including phenoxy) is 2. The van der Waals surface area contributed by atoms with Gasteiger partial charge < -0.3 is 9.47 Å². The first-order valence-corrected chi connectivity index (χ1v) is 7.32. The molecule has 0 spiro atoms. The standard InChI is InChI=1S/C15H13N3O4S/c1-9-8-23-15(17-9)11(7-16)4-10-5-13(21-2)14(22-3)6-12(10)18(19)20/h4-6,8H,1-3H3/b11-4-. The van der Waals surface area contributed by atoms with Gasteiger partial charge in [-0.25, -0.2) is 4.98 Å². The minimum atomic E-state index is -0.532. The number of benzene rings is 1. The van der Waals surface area contributed by atoms with Crippen molar-refractivity contribution in [2.75, 3.05) is 14.2 Å². The summed E-state index contributed by atoms with van der Waals surface area (Å²) in [6.07, 6.45) is 1.43. The van der Waals surface area contributed by atoms with Crippen LogP contribution in [0.3, 0.4) is 0 Å². The third kappa shape index (κ3) is 3.46. The smallest absolute Gasteiger partial charge is 0.280 e. The second kappa shape index (κ2) is 6.89. The van der Waals surface area contributed by atoms with Crippen LogP contribution in [0.2, 0.25) is 0 Å². The number of rotatable bonds is 5. The van der Waals surface area contributed by atoms with Crippen LogP contribution in [-0.2, 0) is 0 Å². The Morgan fingerprint density at radius 1 is 1.39 bits per heavy atom. The second-order valence-electron chi connectivity index (χ2n) is 4.49. The molecule has 0 unspecified atom stereocenters. The summed E-state index contributed by atoms with van der Waals surface area (Å²) in [6, 6.07) is 4.76. The fourth-order valence-corrected chi connectivity index (χ4v) is 2.70. The van der Waals surface area contributed by atoms with Crippen molar-refractivity contribution in [2.45, 2.75) is 6.92 Å². The first-order chi connectivity index (χ1) is 11.0. The third-order valence-corrected chi connectivity index (χ3v) is 3.99. The number of aryl methyl sites for hydroxylation is 1. The van der Waals surface area contributed by atoms with Crippen molar-refractivity contribution < 1.29 is 14.4 Å². The van der Waals surface area contributed by atoms with Crippen LogP contribution in [0.1, 0.15) is 16.3 Å². The van der Waals surface area contributed by atoms with Gasteiger partial charge in [0.25, 0.3) is 5.69 Å². The number of nitriles is 1. The van der Waals surface area contributed by atoms with E-state index >= 15 is 0 Å². The van der Waals surface area contributed by atoms with E-state index < -0.39 is 4.92 Å². The van der Waals surface area contributed by atoms with Crippen molar-refractivity contribution in [1.29, 1.82) is 5.26 Å². The molecule has 0 radical (unpaired) electrons. The molecule has 23 heavy (non-hydrogen) atoms. The normalized spacial score (nSPS) is 11.0. The van der Waals surface area contributed by atoms with Crippen LogP contribution < -0.4 is 9.47 Å². The number of methoxy groups -OCH3 is 2. The summed E-state index contributed by atoms with van der Waals surface area (Å²) in [7, 11) is 2.84. The number of nitrogens with zero attached hydrogens (tertiary/aromatic N) is 3. The van der Waals surface area contributed by atoms with Crippen LogP contribution in [0.4, 0.5) is 5.69 Å². The molecule has 8 heteroatoms. The fraction of sp³-hybridized carbons (Fsp3) is 0.200. The van der Waals surface area contributed by atoms with Gasteiger partial charge in [-0.1, -0.05) is 0 Å². The highest BCUT2D eigenvalue weighted by Crippen LogP contribution is 2.36. The van der Waals surface area contributed by atoms with Crippen molar-refractivity contribution in [3.8, 4) is 17.6 Å². The van der Waals surface area contributed by atoms with Gasteiger partial charge in [-0.3, -0.25) is 10.1 Å². The summed E-state index contributed by atoms with van der Waals surface area (Å²) in [6.45, 7) is 1.81. The Bertz CT molecular complexity index is 821. The van der Waals surface area contributed by atoms with E-state index in [0.717, 1.165) is 5.69 Å². The Balaban J connectivity index is 2.63. The van der Waals surface area contributed by atoms with E-state index in [-0.39, 0.29) is 22.6 Å². The quantitative estimate of drug-likeness (QED) is 0.473. The van der Waals surface area contributed by atoms with E-state index in [1.807, 2.05) is 18.4 Å². The van der Waals surface area contributed by atoms with Crippen LogP contribution in [0.25, 0.3) is 11.6 Å². The van der Waals surface area contributed by atoms with E-state index in [1.165, 1.54) is 43.8 Å². The first-order valence-electron chi connectivity index (χ1n) is 6.44. The van der Waals surface area contributed by atoms with Gasteiger partial charge in [0.05, 0.1) is 36.3 Å². The highest BCUT2D eigenvalue weighted by Gasteiger charge is 2.19. The maximum atomic E-state index is 11.3. The van der Waals surface area contributed by atoms with Gasteiger partial charge in [0.15, 0.2) is 11.5 Å². The Kier molecular flexibility index (Phi) is 4.93. The molecule has 0 aliphatic rings. The summed E-state index contributed by atoms with van der Waals surface area (Å²) in [4.78, 5) is 15.0. The molecule has 2 aromatic rings. The Morgan fingerprint density at radius 3 is 2.52 bits per heavy atom. The summed E-state index contributed by atoms with van der Waals surface area (Å²) in [5.41, 5.74) is 1.10. The molecule has 1 heterocycles. The molecular formula is C15H13N3O4S. The lowest BCUT2D eigenvalue weighted by Gasteiger charge is -2.09. The second-order valence-corrected chi connectivity index (χ2v) is 5.35. The number of allylic oxidation sites excluding steroid dienone is 1. The maximum absolute atomic E-state index is 11.3. The van der Waals surface area contributed by atoms with Crippen molar-refractivity contribution in [3.63, 3.8) is 0 Å². The third-order valence-electron chi connectivity index (χ3n) is 3.00. The summed E-state index contributed by atoms with van der Waals surface area (Å²) < 4.78 is 10.2. The highest BCUT2D eigenvalue weighted by molar-refractivity contribution is 7.11. The predicted octanol–water partition coefficient (Wildman–Crippen LogP) is 3.44. The SMILES string of the molecule is COc1cc(/C=C(/C#N)c2nc(C)cs2)c([N+](=O)[O-])cc1OC. The average molecular weight is 331 g/mol. The van der Waals surface area contributed by atoms with Gasteiger partial charge in [0, 0.05) is 11.1 Å². The van der Waals surface area contributed by atoms with E-state index in [1.54, 1.807) is 0 Å². The molecule has 0 fully saturated rings. The molecule has 1 aromatic carbocycles. The van der Waals surface area contributed by atoms with E-state index in [0.29, 0.717) is 10.8 Å². The minimum absolute atomic E-state index is 0.177.